The van der Waals surface area contributed by atoms with Gasteiger partial charge < -0.3 is 20.1 Å². The van der Waals surface area contributed by atoms with Crippen LogP contribution in [0.3, 0.4) is 0 Å². The van der Waals surface area contributed by atoms with Gasteiger partial charge in [-0.3, -0.25) is 13.8 Å². The van der Waals surface area contributed by atoms with Crippen LogP contribution in [0.1, 0.15) is 168 Å². The van der Waals surface area contributed by atoms with Gasteiger partial charge in [-0.25, -0.2) is 4.57 Å². The molecule has 0 saturated heterocycles. The SMILES string of the molecule is CC/C=C\C/C=C\C/C=C\C/C=C\CCCCC(=O)OC(COCCCCCCCCCCCCCCCCCC)COP(=O)(O)OCCN. The predicted molar refractivity (Wildman–Crippen MR) is 210 cm³/mol. The number of hydrogen-bond acceptors (Lipinski definition) is 7. The first-order chi connectivity index (χ1) is 24.4. The molecule has 0 spiro atoms. The highest BCUT2D eigenvalue weighted by Crippen LogP contribution is 2.43. The summed E-state index contributed by atoms with van der Waals surface area (Å²) >= 11 is 0. The van der Waals surface area contributed by atoms with E-state index in [4.69, 9.17) is 24.3 Å². The standard InChI is InChI=1S/C41H76NO7P/c1-3-5-7-9-11-13-15-17-19-21-23-25-27-29-31-33-36-46-38-40(39-48-50(44,45)47-37-35-42)49-41(43)34-32-30-28-26-24-22-20-18-16-14-12-10-8-6-4-2/h6,8,12,14,18,20,24,26,40H,3-5,7,9-11,13,15-17,19,21-23,25,27-39,42H2,1-2H3,(H,44,45)/b8-6-,14-12-,20-18-,26-24-. The average Bonchev–Trinajstić information content (AvgIpc) is 3.10. The molecule has 0 aromatic rings. The molecule has 9 heteroatoms. The van der Waals surface area contributed by atoms with Gasteiger partial charge in [-0.2, -0.15) is 0 Å². The Hall–Kier alpha value is -1.54. The molecule has 8 nitrogen and oxygen atoms in total. The predicted octanol–water partition coefficient (Wildman–Crippen LogP) is 11.6. The van der Waals surface area contributed by atoms with Crippen molar-refractivity contribution in [2.75, 3.05) is 33.0 Å². The maximum atomic E-state index is 12.5. The molecule has 0 fully saturated rings. The summed E-state index contributed by atoms with van der Waals surface area (Å²) in [5, 5.41) is 0. The van der Waals surface area contributed by atoms with Crippen molar-refractivity contribution < 1.29 is 32.8 Å². The van der Waals surface area contributed by atoms with Gasteiger partial charge >= 0.3 is 13.8 Å². The van der Waals surface area contributed by atoms with Crippen molar-refractivity contribution >= 4 is 13.8 Å². The topological polar surface area (TPSA) is 117 Å². The van der Waals surface area contributed by atoms with Crippen LogP contribution in [-0.4, -0.2) is 49.9 Å². The zero-order valence-corrected chi connectivity index (χ0v) is 33.0. The van der Waals surface area contributed by atoms with Crippen molar-refractivity contribution in [3.05, 3.63) is 48.6 Å². The number of rotatable bonds is 38. The van der Waals surface area contributed by atoms with E-state index in [0.717, 1.165) is 51.4 Å². The second-order valence-electron chi connectivity index (χ2n) is 13.1. The quantitative estimate of drug-likeness (QED) is 0.0279. The van der Waals surface area contributed by atoms with Crippen LogP contribution >= 0.6 is 7.82 Å². The maximum absolute atomic E-state index is 12.5. The first-order valence-electron chi connectivity index (χ1n) is 20.1. The molecular weight excluding hydrogens is 649 g/mol. The van der Waals surface area contributed by atoms with E-state index in [-0.39, 0.29) is 38.8 Å². The number of allylic oxidation sites excluding steroid dienone is 8. The first-order valence-corrected chi connectivity index (χ1v) is 21.6. The highest BCUT2D eigenvalue weighted by Gasteiger charge is 2.25. The van der Waals surface area contributed by atoms with Gasteiger partial charge in [0.25, 0.3) is 0 Å². The zero-order valence-electron chi connectivity index (χ0n) is 32.1. The highest BCUT2D eigenvalue weighted by atomic mass is 31.2. The lowest BCUT2D eigenvalue weighted by Crippen LogP contribution is -2.28. The molecule has 50 heavy (non-hydrogen) atoms. The first kappa shape index (κ1) is 48.5. The lowest BCUT2D eigenvalue weighted by atomic mass is 10.0. The smallest absolute Gasteiger partial charge is 0.457 e. The molecule has 3 N–H and O–H groups in total. The van der Waals surface area contributed by atoms with Crippen LogP contribution in [-0.2, 0) is 27.9 Å². The van der Waals surface area contributed by atoms with E-state index in [1.807, 2.05) is 0 Å². The third-order valence-electron chi connectivity index (χ3n) is 8.26. The minimum atomic E-state index is -4.28. The third-order valence-corrected chi connectivity index (χ3v) is 9.24. The fourth-order valence-corrected chi connectivity index (χ4v) is 6.11. The molecule has 292 valence electrons. The number of carbonyl (C=O) groups is 1. The van der Waals surface area contributed by atoms with Crippen LogP contribution in [0.2, 0.25) is 0 Å². The molecule has 0 aliphatic rings. The van der Waals surface area contributed by atoms with Crippen LogP contribution in [0.25, 0.3) is 0 Å². The molecule has 0 bridgehead atoms. The molecule has 0 saturated carbocycles. The van der Waals surface area contributed by atoms with Gasteiger partial charge in [0.1, 0.15) is 6.10 Å². The molecular formula is C41H76NO7P. The lowest BCUT2D eigenvalue weighted by molar-refractivity contribution is -0.154. The molecule has 0 amide bonds. The van der Waals surface area contributed by atoms with Crippen LogP contribution < -0.4 is 5.73 Å². The van der Waals surface area contributed by atoms with Crippen LogP contribution in [0.4, 0.5) is 0 Å². The normalized spacial score (nSPS) is 14.1. The Morgan fingerprint density at radius 3 is 1.64 bits per heavy atom. The van der Waals surface area contributed by atoms with Gasteiger partial charge in [-0.15, -0.1) is 0 Å². The summed E-state index contributed by atoms with van der Waals surface area (Å²) in [5.41, 5.74) is 5.36. The Bertz CT molecular complexity index is 905. The monoisotopic (exact) mass is 726 g/mol. The lowest BCUT2D eigenvalue weighted by Gasteiger charge is -2.20. The Morgan fingerprint density at radius 1 is 0.620 bits per heavy atom. The summed E-state index contributed by atoms with van der Waals surface area (Å²) in [6, 6.07) is 0. The maximum Gasteiger partial charge on any atom is 0.472 e. The Morgan fingerprint density at radius 2 is 1.12 bits per heavy atom. The van der Waals surface area contributed by atoms with Crippen LogP contribution in [0, 0.1) is 0 Å². The van der Waals surface area contributed by atoms with E-state index >= 15 is 0 Å². The number of ether oxygens (including phenoxy) is 2. The van der Waals surface area contributed by atoms with Crippen molar-refractivity contribution in [2.45, 2.75) is 174 Å². The van der Waals surface area contributed by atoms with E-state index in [9.17, 15) is 14.3 Å². The number of esters is 1. The fourth-order valence-electron chi connectivity index (χ4n) is 5.34. The van der Waals surface area contributed by atoms with Crippen molar-refractivity contribution in [3.63, 3.8) is 0 Å². The van der Waals surface area contributed by atoms with E-state index in [2.05, 4.69) is 62.5 Å². The fraction of sp³-hybridized carbons (Fsp3) is 0.780. The summed E-state index contributed by atoms with van der Waals surface area (Å²) in [6.45, 7) is 4.75. The average molecular weight is 726 g/mol. The molecule has 2 unspecified atom stereocenters. The van der Waals surface area contributed by atoms with Crippen molar-refractivity contribution in [1.29, 1.82) is 0 Å². The molecule has 0 radical (unpaired) electrons. The van der Waals surface area contributed by atoms with Crippen molar-refractivity contribution in [1.82, 2.24) is 0 Å². The van der Waals surface area contributed by atoms with Gasteiger partial charge in [0, 0.05) is 19.6 Å². The van der Waals surface area contributed by atoms with Gasteiger partial charge in [-0.05, 0) is 51.4 Å². The summed E-state index contributed by atoms with van der Waals surface area (Å²) in [7, 11) is -4.28. The molecule has 0 aromatic carbocycles. The second-order valence-corrected chi connectivity index (χ2v) is 14.6. The largest absolute Gasteiger partial charge is 0.472 e. The molecule has 0 aromatic heterocycles. The summed E-state index contributed by atoms with van der Waals surface area (Å²) < 4.78 is 33.3. The van der Waals surface area contributed by atoms with Crippen molar-refractivity contribution in [3.8, 4) is 0 Å². The number of phosphoric ester groups is 1. The van der Waals surface area contributed by atoms with Crippen LogP contribution in [0.15, 0.2) is 48.6 Å². The second kappa shape index (κ2) is 38.7. The number of unbranched alkanes of at least 4 members (excludes halogenated alkanes) is 17. The van der Waals surface area contributed by atoms with E-state index < -0.39 is 13.9 Å². The highest BCUT2D eigenvalue weighted by molar-refractivity contribution is 7.47. The van der Waals surface area contributed by atoms with Gasteiger partial charge in [0.2, 0.25) is 0 Å². The summed E-state index contributed by atoms with van der Waals surface area (Å²) in [6.07, 6.45) is 44.1. The van der Waals surface area contributed by atoms with E-state index in [1.165, 1.54) is 89.9 Å². The minimum Gasteiger partial charge on any atom is -0.457 e. The Labute approximate surface area is 307 Å². The van der Waals surface area contributed by atoms with Gasteiger partial charge in [-0.1, -0.05) is 159 Å². The van der Waals surface area contributed by atoms with E-state index in [1.54, 1.807) is 0 Å². The molecule has 0 aliphatic carbocycles. The molecule has 0 rings (SSSR count). The van der Waals surface area contributed by atoms with Crippen LogP contribution in [0.5, 0.6) is 0 Å². The Balaban J connectivity index is 4.12. The Kier molecular flexibility index (Phi) is 37.5. The molecule has 0 aliphatic heterocycles. The van der Waals surface area contributed by atoms with E-state index in [0.29, 0.717) is 13.0 Å². The minimum absolute atomic E-state index is 0.0929. The summed E-state index contributed by atoms with van der Waals surface area (Å²) in [4.78, 5) is 22.4. The number of nitrogens with two attached hydrogens (primary N) is 1. The third kappa shape index (κ3) is 37.7. The molecule has 0 heterocycles. The number of carbonyl (C=O) groups excluding carboxylic acids is 1. The summed E-state index contributed by atoms with van der Waals surface area (Å²) in [5.74, 6) is -0.370. The number of hydrogen-bond donors (Lipinski definition) is 2. The van der Waals surface area contributed by atoms with Gasteiger partial charge in [0.05, 0.1) is 19.8 Å². The number of phosphoric acid groups is 1. The van der Waals surface area contributed by atoms with Crippen molar-refractivity contribution in [2.24, 2.45) is 5.73 Å². The zero-order chi connectivity index (χ0) is 36.6. The van der Waals surface area contributed by atoms with Gasteiger partial charge in [0.15, 0.2) is 0 Å². The molecule has 2 atom stereocenters.